The monoisotopic (exact) mass is 445 g/mol. The molecule has 2 aromatic rings. The van der Waals surface area contributed by atoms with Crippen LogP contribution in [0.25, 0.3) is 0 Å². The smallest absolute Gasteiger partial charge is 0.288 e. The molecule has 0 fully saturated rings. The zero-order valence-corrected chi connectivity index (χ0v) is 19.2. The van der Waals surface area contributed by atoms with Crippen molar-refractivity contribution in [2.24, 2.45) is 10.5 Å². The average molecular weight is 446 g/mol. The van der Waals surface area contributed by atoms with Crippen LogP contribution in [0.1, 0.15) is 52.2 Å². The molecule has 1 amide bonds. The Morgan fingerprint density at radius 3 is 2.39 bits per heavy atom. The quantitative estimate of drug-likeness (QED) is 0.330. The van der Waals surface area contributed by atoms with E-state index in [-0.39, 0.29) is 28.1 Å². The van der Waals surface area contributed by atoms with Crippen LogP contribution >= 0.6 is 11.6 Å². The molecule has 0 aliphatic heterocycles. The number of hydrogen-bond acceptors (Lipinski definition) is 5. The van der Waals surface area contributed by atoms with Gasteiger partial charge >= 0.3 is 0 Å². The lowest BCUT2D eigenvalue weighted by molar-refractivity contribution is -0.384. The Bertz CT molecular complexity index is 964. The molecule has 0 spiro atoms. The summed E-state index contributed by atoms with van der Waals surface area (Å²) in [6.07, 6.45) is 2.34. The van der Waals surface area contributed by atoms with Crippen molar-refractivity contribution >= 4 is 29.4 Å². The standard InChI is InChI=1S/C23H28ClN3O4/c1-22(2,3)15-23(4,5)17-7-9-18(10-8-17)31-14-21(28)26-25-13-16-6-11-19(24)20(12-16)27(29)30/h6-13H,14-15H2,1-5H3,(H,26,28)/b25-13-. The molecular weight excluding hydrogens is 418 g/mol. The van der Waals surface area contributed by atoms with E-state index < -0.39 is 10.8 Å². The van der Waals surface area contributed by atoms with Gasteiger partial charge in [0.05, 0.1) is 11.1 Å². The maximum absolute atomic E-state index is 11.9. The van der Waals surface area contributed by atoms with E-state index in [2.05, 4.69) is 45.1 Å². The van der Waals surface area contributed by atoms with Gasteiger partial charge < -0.3 is 4.74 Å². The van der Waals surface area contributed by atoms with Crippen LogP contribution in [-0.2, 0) is 10.2 Å². The topological polar surface area (TPSA) is 93.8 Å². The van der Waals surface area contributed by atoms with E-state index in [1.165, 1.54) is 23.9 Å². The molecule has 0 bridgehead atoms. The number of hydrogen-bond donors (Lipinski definition) is 1. The summed E-state index contributed by atoms with van der Waals surface area (Å²) in [6, 6.07) is 12.0. The Morgan fingerprint density at radius 2 is 1.81 bits per heavy atom. The summed E-state index contributed by atoms with van der Waals surface area (Å²) >= 11 is 5.77. The third-order valence-electron chi connectivity index (χ3n) is 4.55. The highest BCUT2D eigenvalue weighted by Gasteiger charge is 2.27. The van der Waals surface area contributed by atoms with Crippen LogP contribution in [0.4, 0.5) is 5.69 Å². The van der Waals surface area contributed by atoms with Crippen LogP contribution in [0, 0.1) is 15.5 Å². The molecule has 0 aromatic heterocycles. The number of amides is 1. The van der Waals surface area contributed by atoms with Gasteiger partial charge in [-0.15, -0.1) is 0 Å². The van der Waals surface area contributed by atoms with Crippen LogP contribution in [0.2, 0.25) is 5.02 Å². The molecular formula is C23H28ClN3O4. The van der Waals surface area contributed by atoms with E-state index >= 15 is 0 Å². The first-order valence-electron chi connectivity index (χ1n) is 9.87. The van der Waals surface area contributed by atoms with Crippen LogP contribution in [-0.4, -0.2) is 23.7 Å². The highest BCUT2D eigenvalue weighted by atomic mass is 35.5. The number of rotatable bonds is 8. The fourth-order valence-corrected chi connectivity index (χ4v) is 3.73. The molecule has 0 atom stereocenters. The van der Waals surface area contributed by atoms with Crippen molar-refractivity contribution in [3.63, 3.8) is 0 Å². The van der Waals surface area contributed by atoms with Crippen LogP contribution in [0.15, 0.2) is 47.6 Å². The number of benzene rings is 2. The van der Waals surface area contributed by atoms with Crippen molar-refractivity contribution in [3.8, 4) is 5.75 Å². The van der Waals surface area contributed by atoms with E-state index in [1.54, 1.807) is 6.07 Å². The number of nitrogens with zero attached hydrogens (tertiary/aromatic N) is 2. The average Bonchev–Trinajstić information content (AvgIpc) is 2.66. The van der Waals surface area contributed by atoms with Gasteiger partial charge in [0.25, 0.3) is 11.6 Å². The summed E-state index contributed by atoms with van der Waals surface area (Å²) < 4.78 is 5.51. The Morgan fingerprint density at radius 1 is 1.16 bits per heavy atom. The number of carbonyl (C=O) groups excluding carboxylic acids is 1. The molecule has 0 saturated heterocycles. The minimum atomic E-state index is -0.582. The van der Waals surface area contributed by atoms with E-state index in [0.29, 0.717) is 11.3 Å². The number of nitro groups is 1. The fourth-order valence-electron chi connectivity index (χ4n) is 3.54. The van der Waals surface area contributed by atoms with Gasteiger partial charge in [-0.2, -0.15) is 5.10 Å². The summed E-state index contributed by atoms with van der Waals surface area (Å²) in [7, 11) is 0. The molecule has 2 rings (SSSR count). The first-order valence-corrected chi connectivity index (χ1v) is 10.2. The molecule has 0 aliphatic carbocycles. The van der Waals surface area contributed by atoms with Crippen molar-refractivity contribution in [2.45, 2.75) is 46.5 Å². The molecule has 31 heavy (non-hydrogen) atoms. The molecule has 0 heterocycles. The van der Waals surface area contributed by atoms with Crippen LogP contribution in [0.5, 0.6) is 5.75 Å². The number of hydrazone groups is 1. The number of carbonyl (C=O) groups is 1. The predicted molar refractivity (Wildman–Crippen MR) is 123 cm³/mol. The van der Waals surface area contributed by atoms with Gasteiger partial charge in [0, 0.05) is 11.6 Å². The first-order chi connectivity index (χ1) is 14.4. The Kier molecular flexibility index (Phi) is 7.79. The van der Waals surface area contributed by atoms with Crippen molar-refractivity contribution in [1.29, 1.82) is 0 Å². The summed E-state index contributed by atoms with van der Waals surface area (Å²) in [6.45, 7) is 10.9. The van der Waals surface area contributed by atoms with Crippen molar-refractivity contribution in [2.75, 3.05) is 6.61 Å². The molecule has 166 valence electrons. The van der Waals surface area contributed by atoms with E-state index in [4.69, 9.17) is 16.3 Å². The molecule has 0 radical (unpaired) electrons. The second kappa shape index (κ2) is 9.92. The zero-order chi connectivity index (χ0) is 23.2. The predicted octanol–water partition coefficient (Wildman–Crippen LogP) is 5.49. The first kappa shape index (κ1) is 24.3. The number of nitro benzene ring substituents is 1. The summed E-state index contributed by atoms with van der Waals surface area (Å²) in [5.41, 5.74) is 3.99. The van der Waals surface area contributed by atoms with Gasteiger partial charge in [-0.25, -0.2) is 5.43 Å². The largest absolute Gasteiger partial charge is 0.484 e. The molecule has 2 aromatic carbocycles. The van der Waals surface area contributed by atoms with Gasteiger partial charge in [-0.05, 0) is 41.0 Å². The van der Waals surface area contributed by atoms with Gasteiger partial charge in [0.1, 0.15) is 10.8 Å². The summed E-state index contributed by atoms with van der Waals surface area (Å²) in [4.78, 5) is 22.3. The molecule has 8 heteroatoms. The Balaban J connectivity index is 1.88. The van der Waals surface area contributed by atoms with Gasteiger partial charge in [0.15, 0.2) is 6.61 Å². The maximum atomic E-state index is 11.9. The van der Waals surface area contributed by atoms with Crippen LogP contribution in [0.3, 0.4) is 0 Å². The van der Waals surface area contributed by atoms with E-state index in [1.807, 2.05) is 24.3 Å². The maximum Gasteiger partial charge on any atom is 0.288 e. The lowest BCUT2D eigenvalue weighted by Gasteiger charge is -2.33. The molecule has 1 N–H and O–H groups in total. The second-order valence-electron chi connectivity index (χ2n) is 9.20. The third-order valence-corrected chi connectivity index (χ3v) is 4.87. The summed E-state index contributed by atoms with van der Waals surface area (Å²) in [5, 5.41) is 14.7. The SMILES string of the molecule is CC(C)(C)CC(C)(C)c1ccc(OCC(=O)N/N=C\c2ccc(Cl)c([N+](=O)[O-])c2)cc1. The molecule has 0 unspecified atom stereocenters. The minimum Gasteiger partial charge on any atom is -0.484 e. The summed E-state index contributed by atoms with van der Waals surface area (Å²) in [5.74, 6) is 0.139. The fraction of sp³-hybridized carbons (Fsp3) is 0.391. The van der Waals surface area contributed by atoms with E-state index in [0.717, 1.165) is 6.42 Å². The lowest BCUT2D eigenvalue weighted by Crippen LogP contribution is -2.25. The van der Waals surface area contributed by atoms with Gasteiger partial charge in [-0.1, -0.05) is 64.4 Å². The normalized spacial score (nSPS) is 12.1. The number of nitrogens with one attached hydrogen (secondary N) is 1. The highest BCUT2D eigenvalue weighted by Crippen LogP contribution is 2.36. The highest BCUT2D eigenvalue weighted by molar-refractivity contribution is 6.32. The molecule has 7 nitrogen and oxygen atoms in total. The van der Waals surface area contributed by atoms with Gasteiger partial charge in [0.2, 0.25) is 0 Å². The molecule has 0 saturated carbocycles. The number of halogens is 1. The third kappa shape index (κ3) is 7.68. The number of ether oxygens (including phenoxy) is 1. The zero-order valence-electron chi connectivity index (χ0n) is 18.4. The second-order valence-corrected chi connectivity index (χ2v) is 9.60. The van der Waals surface area contributed by atoms with Crippen molar-refractivity contribution in [3.05, 3.63) is 68.7 Å². The lowest BCUT2D eigenvalue weighted by atomic mass is 9.72. The van der Waals surface area contributed by atoms with Crippen LogP contribution < -0.4 is 10.2 Å². The van der Waals surface area contributed by atoms with Crippen molar-refractivity contribution in [1.82, 2.24) is 5.43 Å². The Hall–Kier alpha value is -2.93. The Labute approximate surface area is 187 Å². The molecule has 0 aliphatic rings. The van der Waals surface area contributed by atoms with Crippen molar-refractivity contribution < 1.29 is 14.5 Å². The van der Waals surface area contributed by atoms with Gasteiger partial charge in [-0.3, -0.25) is 14.9 Å². The van der Waals surface area contributed by atoms with E-state index in [9.17, 15) is 14.9 Å². The minimum absolute atomic E-state index is 0.0274.